The lowest BCUT2D eigenvalue weighted by Crippen LogP contribution is -2.52. The van der Waals surface area contributed by atoms with Crippen LogP contribution in [0.2, 0.25) is 0 Å². The number of aromatic nitrogens is 2. The number of imidazole rings is 1. The van der Waals surface area contributed by atoms with Crippen molar-refractivity contribution in [3.05, 3.63) is 78.1 Å². The Morgan fingerprint density at radius 3 is 2.51 bits per heavy atom. The summed E-state index contributed by atoms with van der Waals surface area (Å²) in [6, 6.07) is 17.8. The zero-order valence-electron chi connectivity index (χ0n) is 21.1. The van der Waals surface area contributed by atoms with Crippen molar-refractivity contribution < 1.29 is 37.0 Å². The Kier molecular flexibility index (Phi) is 6.90. The van der Waals surface area contributed by atoms with Gasteiger partial charge in [-0.25, -0.2) is 4.79 Å². The first-order chi connectivity index (χ1) is 18.6. The molecule has 1 aliphatic rings. The molecule has 1 aromatic heterocycles. The molecular formula is C28H24F3N3O5. The number of carbonyl (C=O) groups is 2. The first-order valence-corrected chi connectivity index (χ1v) is 12.1. The maximum atomic E-state index is 13.1. The van der Waals surface area contributed by atoms with E-state index >= 15 is 0 Å². The molecule has 0 N–H and O–H groups in total. The van der Waals surface area contributed by atoms with Crippen LogP contribution in [-0.2, 0) is 4.79 Å². The topological polar surface area (TPSA) is 82.9 Å². The fourth-order valence-electron chi connectivity index (χ4n) is 4.42. The maximum Gasteiger partial charge on any atom is 0.491 e. The fraction of sp³-hybridized carbons (Fsp3) is 0.250. The second-order valence-electron chi connectivity index (χ2n) is 9.17. The molecule has 11 heteroatoms. The number of hydrogen-bond acceptors (Lipinski definition) is 6. The second kappa shape index (κ2) is 10.3. The number of ether oxygens (including phenoxy) is 3. The maximum absolute atomic E-state index is 13.1. The molecule has 0 atom stereocenters. The zero-order chi connectivity index (χ0) is 27.7. The highest BCUT2D eigenvalue weighted by Crippen LogP contribution is 2.31. The van der Waals surface area contributed by atoms with Crippen molar-refractivity contribution in [3.8, 4) is 23.2 Å². The molecule has 0 unspecified atom stereocenters. The number of hydrogen-bond donors (Lipinski definition) is 0. The van der Waals surface area contributed by atoms with Crippen molar-refractivity contribution in [1.29, 1.82) is 0 Å². The van der Waals surface area contributed by atoms with Crippen molar-refractivity contribution in [2.75, 3.05) is 26.8 Å². The number of nitrogens with zero attached hydrogens (tertiary/aromatic N) is 3. The summed E-state index contributed by atoms with van der Waals surface area (Å²) in [5, 5.41) is 2.12. The highest BCUT2D eigenvalue weighted by molar-refractivity contribution is 5.95. The fourth-order valence-corrected chi connectivity index (χ4v) is 4.42. The smallest absolute Gasteiger partial charge is 0.491 e. The van der Waals surface area contributed by atoms with Gasteiger partial charge in [0.05, 0.1) is 25.1 Å². The van der Waals surface area contributed by atoms with Gasteiger partial charge in [-0.05, 0) is 36.6 Å². The molecule has 0 radical (unpaired) electrons. The number of benzene rings is 3. The van der Waals surface area contributed by atoms with Crippen LogP contribution >= 0.6 is 0 Å². The molecule has 3 aromatic carbocycles. The number of methoxy groups -OCH3 is 1. The largest absolute Gasteiger partial charge is 0.495 e. The number of fused-ring (bicyclic) bond motifs is 1. The van der Waals surface area contributed by atoms with Gasteiger partial charge in [-0.1, -0.05) is 36.4 Å². The summed E-state index contributed by atoms with van der Waals surface area (Å²) in [6.45, 7) is 3.05. The van der Waals surface area contributed by atoms with Crippen molar-refractivity contribution in [3.63, 3.8) is 0 Å². The lowest BCUT2D eigenvalue weighted by molar-refractivity contribution is -0.190. The van der Waals surface area contributed by atoms with E-state index in [4.69, 9.17) is 9.47 Å². The molecule has 1 saturated heterocycles. The van der Waals surface area contributed by atoms with Gasteiger partial charge in [0.15, 0.2) is 0 Å². The van der Waals surface area contributed by atoms with Gasteiger partial charge in [0.25, 0.3) is 5.91 Å². The molecule has 0 aliphatic carbocycles. The van der Waals surface area contributed by atoms with Gasteiger partial charge < -0.3 is 19.1 Å². The predicted molar refractivity (Wildman–Crippen MR) is 135 cm³/mol. The summed E-state index contributed by atoms with van der Waals surface area (Å²) in [4.78, 5) is 30.0. The number of likely N-dealkylation sites (tertiary alicyclic amines) is 1. The van der Waals surface area contributed by atoms with Gasteiger partial charge in [-0.3, -0.25) is 9.36 Å². The van der Waals surface area contributed by atoms with Gasteiger partial charge in [0.2, 0.25) is 0 Å². The van der Waals surface area contributed by atoms with Crippen LogP contribution in [0.25, 0.3) is 16.5 Å². The minimum atomic E-state index is -5.18. The standard InChI is InChI=1S/C28H24F3N3O5/c1-17-13-34(27(32-17)39-26(36)28(29,30)31)22-11-10-20(12-24(22)37-2)25(35)33-14-18(15-33)16-38-23-9-5-7-19-6-3-4-8-21(19)23/h3-13,18H,14-16H2,1-2H3. The summed E-state index contributed by atoms with van der Waals surface area (Å²) in [5.41, 5.74) is 0.916. The van der Waals surface area contributed by atoms with Crippen molar-refractivity contribution in [2.45, 2.75) is 13.1 Å². The summed E-state index contributed by atoms with van der Waals surface area (Å²) in [6.07, 6.45) is -3.78. The highest BCUT2D eigenvalue weighted by atomic mass is 19.4. The molecular weight excluding hydrogens is 515 g/mol. The molecule has 202 valence electrons. The summed E-state index contributed by atoms with van der Waals surface area (Å²) < 4.78 is 55.2. The minimum Gasteiger partial charge on any atom is -0.495 e. The second-order valence-corrected chi connectivity index (χ2v) is 9.17. The van der Waals surface area contributed by atoms with Gasteiger partial charge in [-0.15, -0.1) is 0 Å². The number of aryl methyl sites for hydroxylation is 1. The molecule has 2 heterocycles. The first-order valence-electron chi connectivity index (χ1n) is 12.1. The molecule has 1 fully saturated rings. The molecule has 4 aromatic rings. The Morgan fingerprint density at radius 2 is 1.77 bits per heavy atom. The van der Waals surface area contributed by atoms with Gasteiger partial charge in [0, 0.05) is 36.2 Å². The number of alkyl halides is 3. The number of amides is 1. The third-order valence-electron chi connectivity index (χ3n) is 6.36. The summed E-state index contributed by atoms with van der Waals surface area (Å²) in [5.74, 6) is -1.44. The molecule has 5 rings (SSSR count). The van der Waals surface area contributed by atoms with E-state index in [1.165, 1.54) is 38.4 Å². The average Bonchev–Trinajstić information content (AvgIpc) is 3.26. The number of carbonyl (C=O) groups excluding carboxylic acids is 2. The number of esters is 1. The third-order valence-corrected chi connectivity index (χ3v) is 6.36. The lowest BCUT2D eigenvalue weighted by atomic mass is 9.99. The van der Waals surface area contributed by atoms with E-state index in [0.29, 0.717) is 31.0 Å². The minimum absolute atomic E-state index is 0.175. The number of halogens is 3. The quantitative estimate of drug-likeness (QED) is 0.309. The molecule has 1 aliphatic heterocycles. The molecule has 39 heavy (non-hydrogen) atoms. The van der Waals surface area contributed by atoms with Crippen LogP contribution < -0.4 is 14.2 Å². The Bertz CT molecular complexity index is 1540. The van der Waals surface area contributed by atoms with E-state index < -0.39 is 18.2 Å². The molecule has 0 spiro atoms. The van der Waals surface area contributed by atoms with Crippen LogP contribution in [0.4, 0.5) is 13.2 Å². The van der Waals surface area contributed by atoms with Gasteiger partial charge >= 0.3 is 18.2 Å². The summed E-state index contributed by atoms with van der Waals surface area (Å²) in [7, 11) is 1.36. The van der Waals surface area contributed by atoms with E-state index in [0.717, 1.165) is 21.1 Å². The van der Waals surface area contributed by atoms with Crippen molar-refractivity contribution in [2.24, 2.45) is 5.92 Å². The van der Waals surface area contributed by atoms with Crippen LogP contribution in [-0.4, -0.2) is 59.3 Å². The highest BCUT2D eigenvalue weighted by Gasteiger charge is 2.42. The first kappa shape index (κ1) is 26.1. The molecule has 0 saturated carbocycles. The lowest BCUT2D eigenvalue weighted by Gasteiger charge is -2.39. The van der Waals surface area contributed by atoms with Gasteiger partial charge in [0.1, 0.15) is 11.5 Å². The number of rotatable bonds is 7. The molecule has 1 amide bonds. The monoisotopic (exact) mass is 539 g/mol. The van der Waals surface area contributed by atoms with Crippen LogP contribution in [0.1, 0.15) is 16.1 Å². The zero-order valence-corrected chi connectivity index (χ0v) is 21.1. The third kappa shape index (κ3) is 5.38. The van der Waals surface area contributed by atoms with E-state index in [1.54, 1.807) is 4.90 Å². The molecule has 8 nitrogen and oxygen atoms in total. The van der Waals surface area contributed by atoms with Crippen molar-refractivity contribution in [1.82, 2.24) is 14.5 Å². The van der Waals surface area contributed by atoms with Gasteiger partial charge in [-0.2, -0.15) is 18.2 Å². The Balaban J connectivity index is 1.25. The normalized spacial score (nSPS) is 13.7. The van der Waals surface area contributed by atoms with E-state index in [-0.39, 0.29) is 23.3 Å². The summed E-state index contributed by atoms with van der Waals surface area (Å²) >= 11 is 0. The molecule has 0 bridgehead atoms. The van der Waals surface area contributed by atoms with Crippen LogP contribution in [0.5, 0.6) is 17.5 Å². The Hall–Kier alpha value is -4.54. The Morgan fingerprint density at radius 1 is 1.03 bits per heavy atom. The Labute approximate surface area is 221 Å². The van der Waals surface area contributed by atoms with Crippen LogP contribution in [0, 0.1) is 12.8 Å². The SMILES string of the molecule is COc1cc(C(=O)N2CC(COc3cccc4ccccc34)C2)ccc1-n1cc(C)nc1OC(=O)C(F)(F)F. The van der Waals surface area contributed by atoms with E-state index in [2.05, 4.69) is 9.72 Å². The van der Waals surface area contributed by atoms with Crippen LogP contribution in [0.3, 0.4) is 0 Å². The van der Waals surface area contributed by atoms with Crippen LogP contribution in [0.15, 0.2) is 66.9 Å². The predicted octanol–water partition coefficient (Wildman–Crippen LogP) is 4.96. The van der Waals surface area contributed by atoms with Crippen molar-refractivity contribution >= 4 is 22.6 Å². The van der Waals surface area contributed by atoms with E-state index in [1.807, 2.05) is 42.5 Å². The van der Waals surface area contributed by atoms with E-state index in [9.17, 15) is 22.8 Å². The average molecular weight is 540 g/mol.